The number of ether oxygens (including phenoxy) is 2. The molecule has 1 aliphatic heterocycles. The predicted molar refractivity (Wildman–Crippen MR) is 79.5 cm³/mol. The summed E-state index contributed by atoms with van der Waals surface area (Å²) in [6, 6.07) is 3.25. The molecule has 0 aromatic carbocycles. The maximum Gasteiger partial charge on any atom is 0.437 e. The van der Waals surface area contributed by atoms with Gasteiger partial charge in [-0.05, 0) is 28.1 Å². The number of nitrogens with one attached hydrogen (secondary N) is 1. The largest absolute Gasteiger partial charge is 0.444 e. The van der Waals surface area contributed by atoms with Crippen molar-refractivity contribution in [3.8, 4) is 11.7 Å². The van der Waals surface area contributed by atoms with Crippen molar-refractivity contribution < 1.29 is 23.1 Å². The molecule has 10 heteroatoms. The van der Waals surface area contributed by atoms with Crippen molar-refractivity contribution in [1.82, 2.24) is 15.1 Å². The third kappa shape index (κ3) is 4.09. The number of carbonyl (C=O) groups is 1. The second-order valence-electron chi connectivity index (χ2n) is 4.74. The molecule has 3 rings (SSSR count). The third-order valence-electron chi connectivity index (χ3n) is 3.08. The first-order chi connectivity index (χ1) is 11.1. The molecule has 1 fully saturated rings. The van der Waals surface area contributed by atoms with Gasteiger partial charge in [0.2, 0.25) is 5.91 Å². The van der Waals surface area contributed by atoms with Crippen molar-refractivity contribution in [2.24, 2.45) is 0 Å². The standard InChI is InChI=1S/C13H14BrN3O6/c14-9-2-1-8(22-9)12-16-17(13(19)23-12)7-10(18)15-4-3-11-20-5-6-21-11/h1-2,11H,3-7H2,(H,15,18). The summed E-state index contributed by atoms with van der Waals surface area (Å²) in [6.07, 6.45) is 0.263. The topological polar surface area (TPSA) is 109 Å². The lowest BCUT2D eigenvalue weighted by molar-refractivity contribution is -0.122. The molecule has 23 heavy (non-hydrogen) atoms. The number of aromatic nitrogens is 2. The Morgan fingerprint density at radius 1 is 1.35 bits per heavy atom. The Labute approximate surface area is 138 Å². The quantitative estimate of drug-likeness (QED) is 0.778. The summed E-state index contributed by atoms with van der Waals surface area (Å²) < 4.78 is 22.1. The van der Waals surface area contributed by atoms with Gasteiger partial charge < -0.3 is 23.6 Å². The summed E-state index contributed by atoms with van der Waals surface area (Å²) in [5, 5.41) is 6.60. The molecule has 0 bridgehead atoms. The van der Waals surface area contributed by atoms with Crippen LogP contribution in [-0.2, 0) is 20.8 Å². The van der Waals surface area contributed by atoms with Crippen molar-refractivity contribution >= 4 is 21.8 Å². The zero-order valence-corrected chi connectivity index (χ0v) is 13.6. The van der Waals surface area contributed by atoms with Crippen molar-refractivity contribution in [3.05, 3.63) is 27.4 Å². The Bertz CT molecular complexity index is 730. The Kier molecular flexibility index (Phi) is 4.94. The first-order valence-electron chi connectivity index (χ1n) is 6.95. The molecule has 1 amide bonds. The molecule has 124 valence electrons. The maximum atomic E-state index is 11.8. The predicted octanol–water partition coefficient (Wildman–Crippen LogP) is 0.738. The molecule has 2 aromatic heterocycles. The maximum absolute atomic E-state index is 11.8. The van der Waals surface area contributed by atoms with E-state index in [1.165, 1.54) is 0 Å². The average molecular weight is 388 g/mol. The van der Waals surface area contributed by atoms with Crippen LogP contribution in [0.25, 0.3) is 11.7 Å². The minimum Gasteiger partial charge on any atom is -0.444 e. The monoisotopic (exact) mass is 387 g/mol. The van der Waals surface area contributed by atoms with Gasteiger partial charge in [0, 0.05) is 13.0 Å². The van der Waals surface area contributed by atoms with Gasteiger partial charge in [0.05, 0.1) is 13.2 Å². The molecule has 3 heterocycles. The van der Waals surface area contributed by atoms with E-state index in [0.717, 1.165) is 4.68 Å². The number of nitrogens with zero attached hydrogens (tertiary/aromatic N) is 2. The zero-order valence-electron chi connectivity index (χ0n) is 12.0. The van der Waals surface area contributed by atoms with Gasteiger partial charge in [-0.1, -0.05) is 0 Å². The van der Waals surface area contributed by atoms with E-state index in [4.69, 9.17) is 18.3 Å². The summed E-state index contributed by atoms with van der Waals surface area (Å²) >= 11 is 3.15. The van der Waals surface area contributed by atoms with E-state index in [9.17, 15) is 9.59 Å². The number of rotatable bonds is 6. The summed E-state index contributed by atoms with van der Waals surface area (Å²) in [5.74, 6) is -0.777. The van der Waals surface area contributed by atoms with E-state index in [-0.39, 0.29) is 24.6 Å². The fourth-order valence-corrected chi connectivity index (χ4v) is 2.34. The van der Waals surface area contributed by atoms with E-state index in [0.29, 0.717) is 36.6 Å². The smallest absolute Gasteiger partial charge is 0.437 e. The highest BCUT2D eigenvalue weighted by Gasteiger charge is 2.17. The second-order valence-corrected chi connectivity index (χ2v) is 5.53. The van der Waals surface area contributed by atoms with Crippen molar-refractivity contribution in [2.45, 2.75) is 19.3 Å². The van der Waals surface area contributed by atoms with Crippen LogP contribution < -0.4 is 11.1 Å². The first-order valence-corrected chi connectivity index (χ1v) is 7.74. The van der Waals surface area contributed by atoms with E-state index < -0.39 is 5.76 Å². The van der Waals surface area contributed by atoms with Gasteiger partial charge in [0.25, 0.3) is 5.89 Å². The Balaban J connectivity index is 1.54. The fraction of sp³-hybridized carbons (Fsp3) is 0.462. The molecule has 1 N–H and O–H groups in total. The van der Waals surface area contributed by atoms with Gasteiger partial charge in [0.15, 0.2) is 16.7 Å². The van der Waals surface area contributed by atoms with Crippen LogP contribution in [0, 0.1) is 0 Å². The lowest BCUT2D eigenvalue weighted by atomic mass is 10.4. The van der Waals surface area contributed by atoms with Gasteiger partial charge in [-0.3, -0.25) is 4.79 Å². The number of furan rings is 1. The van der Waals surface area contributed by atoms with E-state index >= 15 is 0 Å². The third-order valence-corrected chi connectivity index (χ3v) is 3.50. The van der Waals surface area contributed by atoms with Gasteiger partial charge in [-0.15, -0.1) is 5.10 Å². The fourth-order valence-electron chi connectivity index (χ4n) is 2.03. The summed E-state index contributed by atoms with van der Waals surface area (Å²) in [7, 11) is 0. The second kappa shape index (κ2) is 7.11. The molecule has 0 spiro atoms. The summed E-state index contributed by atoms with van der Waals surface area (Å²) in [6.45, 7) is 1.28. The number of carbonyl (C=O) groups excluding carboxylic acids is 1. The minimum absolute atomic E-state index is 0.0151. The molecule has 0 saturated carbocycles. The van der Waals surface area contributed by atoms with E-state index in [2.05, 4.69) is 26.3 Å². The Morgan fingerprint density at radius 2 is 2.13 bits per heavy atom. The van der Waals surface area contributed by atoms with Gasteiger partial charge in [-0.2, -0.15) is 4.68 Å². The Morgan fingerprint density at radius 3 is 2.83 bits per heavy atom. The molecular weight excluding hydrogens is 374 g/mol. The lowest BCUT2D eigenvalue weighted by Gasteiger charge is -2.09. The SMILES string of the molecule is O=C(Cn1nc(-c2ccc(Br)o2)oc1=O)NCCC1OCCO1. The van der Waals surface area contributed by atoms with Gasteiger partial charge in [-0.25, -0.2) is 4.79 Å². The zero-order chi connectivity index (χ0) is 16.2. The van der Waals surface area contributed by atoms with Crippen LogP contribution in [0.4, 0.5) is 0 Å². The molecule has 0 radical (unpaired) electrons. The van der Waals surface area contributed by atoms with Gasteiger partial charge in [0.1, 0.15) is 6.54 Å². The molecule has 9 nitrogen and oxygen atoms in total. The van der Waals surface area contributed by atoms with Crippen molar-refractivity contribution in [1.29, 1.82) is 0 Å². The highest BCUT2D eigenvalue weighted by Crippen LogP contribution is 2.22. The molecule has 0 atom stereocenters. The highest BCUT2D eigenvalue weighted by atomic mass is 79.9. The number of hydrogen-bond donors (Lipinski definition) is 1. The van der Waals surface area contributed by atoms with Crippen LogP contribution >= 0.6 is 15.9 Å². The molecule has 0 aliphatic carbocycles. The molecule has 1 saturated heterocycles. The number of hydrogen-bond acceptors (Lipinski definition) is 7. The molecule has 1 aliphatic rings. The molecule has 2 aromatic rings. The van der Waals surface area contributed by atoms with E-state index in [1.54, 1.807) is 12.1 Å². The Hall–Kier alpha value is -1.91. The average Bonchev–Trinajstić information content (AvgIpc) is 3.22. The minimum atomic E-state index is -0.731. The van der Waals surface area contributed by atoms with Crippen molar-refractivity contribution in [3.63, 3.8) is 0 Å². The van der Waals surface area contributed by atoms with Crippen LogP contribution in [0.1, 0.15) is 6.42 Å². The lowest BCUT2D eigenvalue weighted by Crippen LogP contribution is -2.33. The highest BCUT2D eigenvalue weighted by molar-refractivity contribution is 9.10. The van der Waals surface area contributed by atoms with E-state index in [1.807, 2.05) is 0 Å². The van der Waals surface area contributed by atoms with Crippen molar-refractivity contribution in [2.75, 3.05) is 19.8 Å². The number of amides is 1. The van der Waals surface area contributed by atoms with Crippen LogP contribution in [0.2, 0.25) is 0 Å². The van der Waals surface area contributed by atoms with Crippen LogP contribution in [0.5, 0.6) is 0 Å². The first kappa shape index (κ1) is 16.0. The normalized spacial score (nSPS) is 15.2. The number of halogens is 1. The summed E-state index contributed by atoms with van der Waals surface area (Å²) in [4.78, 5) is 23.5. The van der Waals surface area contributed by atoms with Crippen LogP contribution in [0.15, 0.2) is 30.4 Å². The van der Waals surface area contributed by atoms with Gasteiger partial charge >= 0.3 is 5.76 Å². The van der Waals surface area contributed by atoms with Crippen LogP contribution in [0.3, 0.4) is 0 Å². The molecule has 0 unspecified atom stereocenters. The summed E-state index contributed by atoms with van der Waals surface area (Å²) in [5.41, 5.74) is 0. The molecular formula is C13H14BrN3O6. The van der Waals surface area contributed by atoms with Crippen LogP contribution in [-0.4, -0.2) is 41.7 Å².